The lowest BCUT2D eigenvalue weighted by Crippen LogP contribution is -2.19. The molecule has 1 heterocycles. The SMILES string of the molecule is COc1cc([N+](=O)[O-])ccc1-c1ccc(C=NNC(=O)Cc2ccccc2)o1. The number of carbonyl (C=O) groups excluding carboxylic acids is 1. The summed E-state index contributed by atoms with van der Waals surface area (Å²) in [5.74, 6) is 0.952. The number of nitrogens with zero attached hydrogens (tertiary/aromatic N) is 2. The first-order valence-corrected chi connectivity index (χ1v) is 8.35. The van der Waals surface area contributed by atoms with E-state index in [2.05, 4.69) is 10.5 Å². The zero-order valence-electron chi connectivity index (χ0n) is 15.0. The number of carbonyl (C=O) groups is 1. The first-order valence-electron chi connectivity index (χ1n) is 8.35. The van der Waals surface area contributed by atoms with Gasteiger partial charge in [0.25, 0.3) is 5.69 Å². The molecule has 0 saturated heterocycles. The number of hydrogen-bond acceptors (Lipinski definition) is 6. The normalized spacial score (nSPS) is 10.8. The molecular formula is C20H17N3O5. The van der Waals surface area contributed by atoms with Crippen LogP contribution in [0.2, 0.25) is 0 Å². The second kappa shape index (κ2) is 8.63. The summed E-state index contributed by atoms with van der Waals surface area (Å²) in [6.07, 6.45) is 1.60. The zero-order chi connectivity index (χ0) is 19.9. The first-order chi connectivity index (χ1) is 13.6. The van der Waals surface area contributed by atoms with E-state index >= 15 is 0 Å². The monoisotopic (exact) mass is 379 g/mol. The van der Waals surface area contributed by atoms with Crippen LogP contribution in [0.15, 0.2) is 70.2 Å². The lowest BCUT2D eigenvalue weighted by atomic mass is 10.1. The Hall–Kier alpha value is -3.94. The molecule has 0 aliphatic heterocycles. The van der Waals surface area contributed by atoms with Gasteiger partial charge < -0.3 is 9.15 Å². The van der Waals surface area contributed by atoms with Gasteiger partial charge in [-0.05, 0) is 23.8 Å². The van der Waals surface area contributed by atoms with Gasteiger partial charge in [-0.25, -0.2) is 5.43 Å². The third-order valence-corrected chi connectivity index (χ3v) is 3.88. The van der Waals surface area contributed by atoms with Gasteiger partial charge >= 0.3 is 0 Å². The van der Waals surface area contributed by atoms with Crippen LogP contribution in [0.5, 0.6) is 5.75 Å². The number of hydrogen-bond donors (Lipinski definition) is 1. The van der Waals surface area contributed by atoms with Gasteiger partial charge in [0.05, 0.1) is 36.3 Å². The predicted octanol–water partition coefficient (Wildman–Crippen LogP) is 3.56. The Morgan fingerprint density at radius 3 is 2.71 bits per heavy atom. The average Bonchev–Trinajstić information content (AvgIpc) is 3.16. The zero-order valence-corrected chi connectivity index (χ0v) is 15.0. The van der Waals surface area contributed by atoms with Crippen LogP contribution < -0.4 is 10.2 Å². The molecule has 142 valence electrons. The van der Waals surface area contributed by atoms with E-state index in [1.165, 1.54) is 25.5 Å². The molecule has 0 spiro atoms. The summed E-state index contributed by atoms with van der Waals surface area (Å²) in [6, 6.07) is 16.9. The minimum atomic E-state index is -0.495. The van der Waals surface area contributed by atoms with Gasteiger partial charge in [-0.2, -0.15) is 5.10 Å². The van der Waals surface area contributed by atoms with Crippen molar-refractivity contribution in [3.63, 3.8) is 0 Å². The van der Waals surface area contributed by atoms with Crippen molar-refractivity contribution in [3.8, 4) is 17.1 Å². The molecule has 1 amide bonds. The number of amides is 1. The number of rotatable bonds is 7. The molecule has 1 N–H and O–H groups in total. The van der Waals surface area contributed by atoms with Crippen molar-refractivity contribution < 1.29 is 18.9 Å². The lowest BCUT2D eigenvalue weighted by molar-refractivity contribution is -0.384. The summed E-state index contributed by atoms with van der Waals surface area (Å²) in [5, 5.41) is 14.8. The lowest BCUT2D eigenvalue weighted by Gasteiger charge is -2.05. The molecule has 0 atom stereocenters. The standard InChI is InChI=1S/C20H17N3O5/c1-27-19-12-15(23(25)26)7-9-17(19)18-10-8-16(28-18)13-21-22-20(24)11-14-5-3-2-4-6-14/h2-10,12-13H,11H2,1H3,(H,22,24). The fourth-order valence-corrected chi connectivity index (χ4v) is 2.55. The number of nitro groups is 1. The Kier molecular flexibility index (Phi) is 5.81. The Labute approximate surface area is 160 Å². The maximum Gasteiger partial charge on any atom is 0.273 e. The predicted molar refractivity (Wildman–Crippen MR) is 103 cm³/mol. The molecule has 0 unspecified atom stereocenters. The molecule has 2 aromatic carbocycles. The Morgan fingerprint density at radius 2 is 2.00 bits per heavy atom. The molecule has 28 heavy (non-hydrogen) atoms. The number of non-ortho nitro benzene ring substituents is 1. The number of benzene rings is 2. The van der Waals surface area contributed by atoms with Crippen molar-refractivity contribution in [2.24, 2.45) is 5.10 Å². The number of nitrogens with one attached hydrogen (secondary N) is 1. The van der Waals surface area contributed by atoms with E-state index in [-0.39, 0.29) is 18.0 Å². The smallest absolute Gasteiger partial charge is 0.273 e. The summed E-state index contributed by atoms with van der Waals surface area (Å²) in [4.78, 5) is 22.3. The van der Waals surface area contributed by atoms with Gasteiger partial charge in [0.15, 0.2) is 0 Å². The largest absolute Gasteiger partial charge is 0.496 e. The summed E-state index contributed by atoms with van der Waals surface area (Å²) < 4.78 is 10.9. The highest BCUT2D eigenvalue weighted by molar-refractivity contribution is 5.82. The molecule has 0 bridgehead atoms. The van der Waals surface area contributed by atoms with Gasteiger partial charge in [0, 0.05) is 6.07 Å². The summed E-state index contributed by atoms with van der Waals surface area (Å²) in [6.45, 7) is 0. The van der Waals surface area contributed by atoms with Crippen molar-refractivity contribution in [2.75, 3.05) is 7.11 Å². The second-order valence-electron chi connectivity index (χ2n) is 5.80. The van der Waals surface area contributed by atoms with Gasteiger partial charge in [0.2, 0.25) is 5.91 Å². The van der Waals surface area contributed by atoms with E-state index in [9.17, 15) is 14.9 Å². The minimum absolute atomic E-state index is 0.0740. The van der Waals surface area contributed by atoms with Crippen LogP contribution in [0.25, 0.3) is 11.3 Å². The van der Waals surface area contributed by atoms with Crippen LogP contribution in [-0.4, -0.2) is 24.2 Å². The fourth-order valence-electron chi connectivity index (χ4n) is 2.55. The van der Waals surface area contributed by atoms with Crippen LogP contribution in [0.1, 0.15) is 11.3 Å². The fraction of sp³-hybridized carbons (Fsp3) is 0.100. The van der Waals surface area contributed by atoms with Crippen LogP contribution in [-0.2, 0) is 11.2 Å². The van der Waals surface area contributed by atoms with Crippen LogP contribution in [0.4, 0.5) is 5.69 Å². The Bertz CT molecular complexity index is 1010. The summed E-state index contributed by atoms with van der Waals surface area (Å²) in [5.41, 5.74) is 3.83. The number of nitro benzene ring substituents is 1. The highest BCUT2D eigenvalue weighted by Crippen LogP contribution is 2.33. The molecular weight excluding hydrogens is 362 g/mol. The molecule has 3 rings (SSSR count). The molecule has 0 radical (unpaired) electrons. The van der Waals surface area contributed by atoms with E-state index in [4.69, 9.17) is 9.15 Å². The third-order valence-electron chi connectivity index (χ3n) is 3.88. The molecule has 0 fully saturated rings. The number of methoxy groups -OCH3 is 1. The maximum absolute atomic E-state index is 11.9. The molecule has 8 heteroatoms. The number of furan rings is 1. The van der Waals surface area contributed by atoms with Crippen molar-refractivity contribution in [3.05, 3.63) is 82.1 Å². The summed E-state index contributed by atoms with van der Waals surface area (Å²) >= 11 is 0. The van der Waals surface area contributed by atoms with Crippen molar-refractivity contribution in [1.29, 1.82) is 0 Å². The van der Waals surface area contributed by atoms with Gasteiger partial charge in [-0.1, -0.05) is 30.3 Å². The van der Waals surface area contributed by atoms with Crippen molar-refractivity contribution >= 4 is 17.8 Å². The first kappa shape index (κ1) is 18.8. The van der Waals surface area contributed by atoms with E-state index < -0.39 is 4.92 Å². The van der Waals surface area contributed by atoms with E-state index in [0.29, 0.717) is 22.8 Å². The summed E-state index contributed by atoms with van der Waals surface area (Å²) in [7, 11) is 1.43. The van der Waals surface area contributed by atoms with Gasteiger partial charge in [0.1, 0.15) is 17.3 Å². The molecule has 0 saturated carbocycles. The second-order valence-corrected chi connectivity index (χ2v) is 5.80. The minimum Gasteiger partial charge on any atom is -0.496 e. The van der Waals surface area contributed by atoms with E-state index in [1.807, 2.05) is 30.3 Å². The molecule has 1 aromatic heterocycles. The molecule has 3 aromatic rings. The third kappa shape index (κ3) is 4.61. The van der Waals surface area contributed by atoms with Crippen LogP contribution in [0, 0.1) is 10.1 Å². The van der Waals surface area contributed by atoms with Gasteiger partial charge in [-0.3, -0.25) is 14.9 Å². The van der Waals surface area contributed by atoms with Crippen LogP contribution in [0.3, 0.4) is 0 Å². The topological polar surface area (TPSA) is 107 Å². The van der Waals surface area contributed by atoms with Crippen molar-refractivity contribution in [2.45, 2.75) is 6.42 Å². The van der Waals surface area contributed by atoms with Gasteiger partial charge in [-0.15, -0.1) is 0 Å². The van der Waals surface area contributed by atoms with Crippen LogP contribution >= 0.6 is 0 Å². The highest BCUT2D eigenvalue weighted by atomic mass is 16.6. The van der Waals surface area contributed by atoms with E-state index in [0.717, 1.165) is 5.56 Å². The molecule has 0 aliphatic carbocycles. The van der Waals surface area contributed by atoms with E-state index in [1.54, 1.807) is 18.2 Å². The molecule has 0 aliphatic rings. The molecule has 8 nitrogen and oxygen atoms in total. The number of ether oxygens (including phenoxy) is 1. The Morgan fingerprint density at radius 1 is 1.21 bits per heavy atom. The quantitative estimate of drug-likeness (QED) is 0.384. The average molecular weight is 379 g/mol. The number of hydrazone groups is 1. The highest BCUT2D eigenvalue weighted by Gasteiger charge is 2.15. The van der Waals surface area contributed by atoms with Crippen molar-refractivity contribution in [1.82, 2.24) is 5.43 Å². The maximum atomic E-state index is 11.9. The Balaban J connectivity index is 1.66.